The van der Waals surface area contributed by atoms with E-state index in [0.29, 0.717) is 31.0 Å². The van der Waals surface area contributed by atoms with E-state index in [0.717, 1.165) is 37.3 Å². The van der Waals surface area contributed by atoms with Gasteiger partial charge in [-0.05, 0) is 42.5 Å². The van der Waals surface area contributed by atoms with Gasteiger partial charge in [-0.2, -0.15) is 0 Å². The van der Waals surface area contributed by atoms with Crippen molar-refractivity contribution in [2.24, 2.45) is 0 Å². The van der Waals surface area contributed by atoms with Crippen LogP contribution in [0.5, 0.6) is 11.5 Å². The van der Waals surface area contributed by atoms with Crippen LogP contribution in [0, 0.1) is 0 Å². The second-order valence-electron chi connectivity index (χ2n) is 8.36. The topological polar surface area (TPSA) is 72.3 Å². The molecule has 2 aromatic carbocycles. The van der Waals surface area contributed by atoms with Crippen molar-refractivity contribution in [3.8, 4) is 11.5 Å². The van der Waals surface area contributed by atoms with Crippen molar-refractivity contribution in [2.45, 2.75) is 25.3 Å². The van der Waals surface area contributed by atoms with Gasteiger partial charge in [-0.1, -0.05) is 0 Å². The average molecular weight is 425 g/mol. The minimum Gasteiger partial charge on any atom is -0.490 e. The number of carbonyl (C=O) groups is 2. The van der Waals surface area contributed by atoms with Crippen LogP contribution in [-0.4, -0.2) is 57.1 Å². The number of ether oxygens (including phenoxy) is 2. The SMILES string of the molecule is CN(C)C(=O)c1ccc(NC(=O)C[NH+]2CCC[C@H]2c2ccc3c(c2)OCCCO3)cc1. The molecule has 2 atom stereocenters. The number of hydrogen-bond acceptors (Lipinski definition) is 4. The van der Waals surface area contributed by atoms with E-state index in [1.807, 2.05) is 6.07 Å². The number of hydrogen-bond donors (Lipinski definition) is 2. The van der Waals surface area contributed by atoms with E-state index in [4.69, 9.17) is 9.47 Å². The summed E-state index contributed by atoms with van der Waals surface area (Å²) in [7, 11) is 3.44. The average Bonchev–Trinajstić information content (AvgIpc) is 3.08. The molecule has 1 fully saturated rings. The Labute approximate surface area is 182 Å². The number of likely N-dealkylation sites (tertiary alicyclic amines) is 1. The van der Waals surface area contributed by atoms with Crippen molar-refractivity contribution in [1.82, 2.24) is 4.90 Å². The van der Waals surface area contributed by atoms with Crippen molar-refractivity contribution in [1.29, 1.82) is 0 Å². The predicted octanol–water partition coefficient (Wildman–Crippen LogP) is 1.91. The number of benzene rings is 2. The number of nitrogens with zero attached hydrogens (tertiary/aromatic N) is 1. The molecule has 0 aromatic heterocycles. The molecule has 4 rings (SSSR count). The second kappa shape index (κ2) is 9.39. The van der Waals surface area contributed by atoms with Gasteiger partial charge in [0.25, 0.3) is 11.8 Å². The number of nitrogens with one attached hydrogen (secondary N) is 2. The molecule has 2 heterocycles. The Morgan fingerprint density at radius 1 is 1.03 bits per heavy atom. The molecule has 2 aromatic rings. The molecule has 1 unspecified atom stereocenters. The molecule has 2 aliphatic rings. The lowest BCUT2D eigenvalue weighted by atomic mass is 10.0. The van der Waals surface area contributed by atoms with Crippen LogP contribution in [0.3, 0.4) is 0 Å². The Hall–Kier alpha value is -3.06. The van der Waals surface area contributed by atoms with Gasteiger partial charge in [-0.3, -0.25) is 9.59 Å². The van der Waals surface area contributed by atoms with Crippen LogP contribution in [-0.2, 0) is 4.79 Å². The molecule has 0 bridgehead atoms. The van der Waals surface area contributed by atoms with Gasteiger partial charge in [-0.15, -0.1) is 0 Å². The third-order valence-corrected chi connectivity index (χ3v) is 5.87. The number of fused-ring (bicyclic) bond motifs is 1. The van der Waals surface area contributed by atoms with Crippen LogP contribution >= 0.6 is 0 Å². The van der Waals surface area contributed by atoms with Gasteiger partial charge in [0.2, 0.25) is 0 Å². The maximum Gasteiger partial charge on any atom is 0.279 e. The highest BCUT2D eigenvalue weighted by Crippen LogP contribution is 2.33. The molecule has 1 saturated heterocycles. The van der Waals surface area contributed by atoms with E-state index in [9.17, 15) is 9.59 Å². The monoisotopic (exact) mass is 424 g/mol. The fraction of sp³-hybridized carbons (Fsp3) is 0.417. The fourth-order valence-electron chi connectivity index (χ4n) is 4.29. The quantitative estimate of drug-likeness (QED) is 0.769. The van der Waals surface area contributed by atoms with Crippen molar-refractivity contribution in [2.75, 3.05) is 45.7 Å². The van der Waals surface area contributed by atoms with Crippen LogP contribution in [0.25, 0.3) is 0 Å². The number of rotatable bonds is 5. The minimum absolute atomic E-state index is 0.0251. The molecule has 2 amide bonds. The lowest BCUT2D eigenvalue weighted by Gasteiger charge is -2.22. The van der Waals surface area contributed by atoms with Crippen LogP contribution in [0.15, 0.2) is 42.5 Å². The summed E-state index contributed by atoms with van der Waals surface area (Å²) in [4.78, 5) is 27.5. The van der Waals surface area contributed by atoms with E-state index in [1.165, 1.54) is 15.4 Å². The van der Waals surface area contributed by atoms with Gasteiger partial charge in [0.05, 0.1) is 19.8 Å². The molecule has 2 N–H and O–H groups in total. The largest absolute Gasteiger partial charge is 0.490 e. The molecule has 7 heteroatoms. The van der Waals surface area contributed by atoms with E-state index in [2.05, 4.69) is 17.4 Å². The number of anilines is 1. The molecule has 2 aliphatic heterocycles. The van der Waals surface area contributed by atoms with Crippen molar-refractivity contribution >= 4 is 17.5 Å². The summed E-state index contributed by atoms with van der Waals surface area (Å²) < 4.78 is 11.6. The van der Waals surface area contributed by atoms with Gasteiger partial charge in [0.1, 0.15) is 6.04 Å². The van der Waals surface area contributed by atoms with E-state index in [-0.39, 0.29) is 17.9 Å². The Morgan fingerprint density at radius 2 is 1.77 bits per heavy atom. The van der Waals surface area contributed by atoms with Crippen LogP contribution < -0.4 is 19.7 Å². The summed E-state index contributed by atoms with van der Waals surface area (Å²) in [5, 5.41) is 2.97. The third kappa shape index (κ3) is 4.99. The Balaban J connectivity index is 1.39. The van der Waals surface area contributed by atoms with Gasteiger partial charge in [0.15, 0.2) is 18.0 Å². The zero-order chi connectivity index (χ0) is 21.8. The third-order valence-electron chi connectivity index (χ3n) is 5.87. The molecular formula is C24H30N3O4+. The van der Waals surface area contributed by atoms with Crippen molar-refractivity contribution in [3.05, 3.63) is 53.6 Å². The summed E-state index contributed by atoms with van der Waals surface area (Å²) in [6.07, 6.45) is 3.02. The first-order valence-corrected chi connectivity index (χ1v) is 10.9. The lowest BCUT2D eigenvalue weighted by molar-refractivity contribution is -0.910. The molecular weight excluding hydrogens is 394 g/mol. The standard InChI is InChI=1S/C24H29N3O4/c1-26(2)24(29)17-6-9-19(10-7-17)25-23(28)16-27-12-3-5-20(27)18-8-11-21-22(15-18)31-14-4-13-30-21/h6-11,15,20H,3-5,12-14,16H2,1-2H3,(H,25,28)/p+1/t20-/m0/s1. The molecule has 0 aliphatic carbocycles. The summed E-state index contributed by atoms with van der Waals surface area (Å²) in [5.41, 5.74) is 2.49. The number of carbonyl (C=O) groups excluding carboxylic acids is 2. The number of quaternary nitrogens is 1. The molecule has 7 nitrogen and oxygen atoms in total. The fourth-order valence-corrected chi connectivity index (χ4v) is 4.29. The van der Waals surface area contributed by atoms with Crippen LogP contribution in [0.1, 0.15) is 41.2 Å². The van der Waals surface area contributed by atoms with Gasteiger partial charge in [-0.25, -0.2) is 0 Å². The first kappa shape index (κ1) is 21.2. The molecule has 31 heavy (non-hydrogen) atoms. The summed E-state index contributed by atoms with van der Waals surface area (Å²) in [6.45, 7) is 2.71. The number of amides is 2. The maximum atomic E-state index is 12.7. The Morgan fingerprint density at radius 3 is 2.52 bits per heavy atom. The zero-order valence-electron chi connectivity index (χ0n) is 18.1. The highest BCUT2D eigenvalue weighted by molar-refractivity contribution is 5.95. The predicted molar refractivity (Wildman–Crippen MR) is 118 cm³/mol. The zero-order valence-corrected chi connectivity index (χ0v) is 18.1. The molecule has 0 saturated carbocycles. The van der Waals surface area contributed by atoms with E-state index < -0.39 is 0 Å². The van der Waals surface area contributed by atoms with E-state index >= 15 is 0 Å². The van der Waals surface area contributed by atoms with Crippen LogP contribution in [0.2, 0.25) is 0 Å². The summed E-state index contributed by atoms with van der Waals surface area (Å²) in [6, 6.07) is 13.5. The second-order valence-corrected chi connectivity index (χ2v) is 8.36. The normalized spacial score (nSPS) is 20.1. The maximum absolute atomic E-state index is 12.7. The minimum atomic E-state index is -0.0580. The van der Waals surface area contributed by atoms with Crippen molar-refractivity contribution in [3.63, 3.8) is 0 Å². The van der Waals surface area contributed by atoms with E-state index in [1.54, 1.807) is 38.4 Å². The van der Waals surface area contributed by atoms with Gasteiger partial charge in [0, 0.05) is 50.2 Å². The van der Waals surface area contributed by atoms with Crippen LogP contribution in [0.4, 0.5) is 5.69 Å². The first-order valence-electron chi connectivity index (χ1n) is 10.9. The summed E-state index contributed by atoms with van der Waals surface area (Å²) >= 11 is 0. The smallest absolute Gasteiger partial charge is 0.279 e. The Kier molecular flexibility index (Phi) is 6.42. The molecule has 164 valence electrons. The van der Waals surface area contributed by atoms with Crippen molar-refractivity contribution < 1.29 is 24.0 Å². The molecule has 0 radical (unpaired) electrons. The highest BCUT2D eigenvalue weighted by Gasteiger charge is 2.32. The highest BCUT2D eigenvalue weighted by atomic mass is 16.5. The van der Waals surface area contributed by atoms with Gasteiger partial charge >= 0.3 is 0 Å². The molecule has 0 spiro atoms. The first-order chi connectivity index (χ1) is 15.0. The van der Waals surface area contributed by atoms with Gasteiger partial charge < -0.3 is 24.6 Å². The Bertz CT molecular complexity index is 942. The lowest BCUT2D eigenvalue weighted by Crippen LogP contribution is -3.11. The summed E-state index contributed by atoms with van der Waals surface area (Å²) in [5.74, 6) is 1.52.